The summed E-state index contributed by atoms with van der Waals surface area (Å²) in [6.07, 6.45) is 1.18. The molecule has 1 saturated heterocycles. The predicted molar refractivity (Wildman–Crippen MR) is 98.5 cm³/mol. The van der Waals surface area contributed by atoms with Gasteiger partial charge in [-0.3, -0.25) is 4.79 Å². The lowest BCUT2D eigenvalue weighted by atomic mass is 9.94. The predicted octanol–water partition coefficient (Wildman–Crippen LogP) is 4.29. The monoisotopic (exact) mass is 409 g/mol. The molecule has 3 aliphatic rings. The summed E-state index contributed by atoms with van der Waals surface area (Å²) in [6.45, 7) is 0. The normalized spacial score (nSPS) is 25.2. The van der Waals surface area contributed by atoms with E-state index >= 15 is 0 Å². The molecule has 5 rings (SSSR count). The molecule has 8 heteroatoms. The van der Waals surface area contributed by atoms with Crippen molar-refractivity contribution in [1.29, 1.82) is 0 Å². The topological polar surface area (TPSA) is 57.8 Å². The molecular formula is C21H23F4N3O. The quantitative estimate of drug-likeness (QED) is 0.700. The lowest BCUT2D eigenvalue weighted by molar-refractivity contribution is -0.154. The van der Waals surface area contributed by atoms with Crippen molar-refractivity contribution in [3.05, 3.63) is 29.3 Å². The molecule has 1 aliphatic heterocycles. The van der Waals surface area contributed by atoms with Gasteiger partial charge >= 0.3 is 6.18 Å². The van der Waals surface area contributed by atoms with Gasteiger partial charge in [0.1, 0.15) is 17.4 Å². The van der Waals surface area contributed by atoms with Crippen LogP contribution >= 0.6 is 0 Å². The Morgan fingerprint density at radius 1 is 1.14 bits per heavy atom. The van der Waals surface area contributed by atoms with E-state index in [1.54, 1.807) is 6.07 Å². The molecule has 156 valence electrons. The maximum Gasteiger partial charge on any atom is 0.408 e. The number of alkyl halides is 3. The highest BCUT2D eigenvalue weighted by Gasteiger charge is 2.47. The van der Waals surface area contributed by atoms with Gasteiger partial charge in [0.25, 0.3) is 0 Å². The fourth-order valence-electron chi connectivity index (χ4n) is 4.80. The Labute approximate surface area is 165 Å². The van der Waals surface area contributed by atoms with Crippen LogP contribution in [-0.4, -0.2) is 28.1 Å². The number of hydrogen-bond acceptors (Lipinski definition) is 2. The summed E-state index contributed by atoms with van der Waals surface area (Å²) < 4.78 is 53.2. The number of nitrogens with one attached hydrogen (secondary N) is 2. The SMILES string of the molecule is O=C1NC(C(F)(F)F)CC1Cc1cc(F)c2nc(CC(C3CC3)C3CC3)[nH]c2c1. The number of fused-ring (bicyclic) bond motifs is 1. The third-order valence-corrected chi connectivity index (χ3v) is 6.62. The molecule has 2 saturated carbocycles. The number of nitrogens with zero attached hydrogens (tertiary/aromatic N) is 1. The van der Waals surface area contributed by atoms with E-state index in [0.717, 1.165) is 24.1 Å². The van der Waals surface area contributed by atoms with Crippen LogP contribution in [0.4, 0.5) is 17.6 Å². The second kappa shape index (κ2) is 6.71. The van der Waals surface area contributed by atoms with Gasteiger partial charge in [-0.15, -0.1) is 0 Å². The molecule has 2 aliphatic carbocycles. The first kappa shape index (κ1) is 18.9. The molecule has 2 unspecified atom stereocenters. The van der Waals surface area contributed by atoms with Gasteiger partial charge in [0, 0.05) is 12.3 Å². The van der Waals surface area contributed by atoms with Crippen LogP contribution in [0.25, 0.3) is 11.0 Å². The summed E-state index contributed by atoms with van der Waals surface area (Å²) in [5, 5.41) is 2.00. The van der Waals surface area contributed by atoms with Gasteiger partial charge in [0.05, 0.1) is 5.52 Å². The molecule has 29 heavy (non-hydrogen) atoms. The number of aromatic amines is 1. The van der Waals surface area contributed by atoms with Crippen LogP contribution in [0.15, 0.2) is 12.1 Å². The zero-order valence-corrected chi connectivity index (χ0v) is 15.9. The summed E-state index contributed by atoms with van der Waals surface area (Å²) in [5.74, 6) is 0.970. The second-order valence-corrected chi connectivity index (χ2v) is 8.94. The smallest absolute Gasteiger partial charge is 0.344 e. The molecule has 2 heterocycles. The lowest BCUT2D eigenvalue weighted by Gasteiger charge is -2.13. The van der Waals surface area contributed by atoms with Gasteiger partial charge in [0.15, 0.2) is 5.82 Å². The van der Waals surface area contributed by atoms with Gasteiger partial charge in [-0.05, 0) is 74.0 Å². The average Bonchev–Trinajstić information content (AvgIpc) is 3.56. The summed E-state index contributed by atoms with van der Waals surface area (Å²) in [5.41, 5.74) is 1.32. The van der Waals surface area contributed by atoms with Gasteiger partial charge in [0.2, 0.25) is 5.91 Å². The summed E-state index contributed by atoms with van der Waals surface area (Å²) >= 11 is 0. The summed E-state index contributed by atoms with van der Waals surface area (Å²) in [7, 11) is 0. The molecule has 4 nitrogen and oxygen atoms in total. The number of H-pyrrole nitrogens is 1. The molecule has 3 fully saturated rings. The summed E-state index contributed by atoms with van der Waals surface area (Å²) in [4.78, 5) is 19.6. The molecule has 2 aromatic rings. The van der Waals surface area contributed by atoms with Gasteiger partial charge in [-0.25, -0.2) is 9.37 Å². The first-order chi connectivity index (χ1) is 13.8. The van der Waals surface area contributed by atoms with Crippen LogP contribution in [0, 0.1) is 29.5 Å². The molecular weight excluding hydrogens is 386 g/mol. The van der Waals surface area contributed by atoms with Crippen molar-refractivity contribution < 1.29 is 22.4 Å². The van der Waals surface area contributed by atoms with Gasteiger partial charge in [-0.1, -0.05) is 0 Å². The number of imidazole rings is 1. The number of carbonyl (C=O) groups excluding carboxylic acids is 1. The Morgan fingerprint density at radius 3 is 2.41 bits per heavy atom. The van der Waals surface area contributed by atoms with Crippen LogP contribution in [0.2, 0.25) is 0 Å². The Balaban J connectivity index is 1.34. The summed E-state index contributed by atoms with van der Waals surface area (Å²) in [6, 6.07) is 1.18. The molecule has 0 bridgehead atoms. The Morgan fingerprint density at radius 2 is 1.83 bits per heavy atom. The molecule has 0 spiro atoms. The lowest BCUT2D eigenvalue weighted by Crippen LogP contribution is -2.38. The van der Waals surface area contributed by atoms with Crippen molar-refractivity contribution in [2.45, 2.75) is 57.2 Å². The molecule has 1 aromatic carbocycles. The Hall–Kier alpha value is -2.12. The zero-order valence-electron chi connectivity index (χ0n) is 15.9. The average molecular weight is 409 g/mol. The minimum atomic E-state index is -4.46. The zero-order chi connectivity index (χ0) is 20.3. The third-order valence-electron chi connectivity index (χ3n) is 6.62. The number of aromatic nitrogens is 2. The number of rotatable bonds is 6. The highest BCUT2D eigenvalue weighted by Crippen LogP contribution is 2.50. The van der Waals surface area contributed by atoms with E-state index in [1.807, 2.05) is 5.32 Å². The maximum atomic E-state index is 14.6. The van der Waals surface area contributed by atoms with E-state index in [1.165, 1.54) is 31.7 Å². The number of benzene rings is 1. The highest BCUT2D eigenvalue weighted by molar-refractivity contribution is 5.82. The van der Waals surface area contributed by atoms with Crippen molar-refractivity contribution in [2.24, 2.45) is 23.7 Å². The minimum absolute atomic E-state index is 0.0758. The van der Waals surface area contributed by atoms with E-state index in [0.29, 0.717) is 17.0 Å². The fourth-order valence-corrected chi connectivity index (χ4v) is 4.80. The van der Waals surface area contributed by atoms with E-state index in [2.05, 4.69) is 9.97 Å². The number of halogens is 4. The second-order valence-electron chi connectivity index (χ2n) is 8.94. The Kier molecular flexibility index (Phi) is 4.37. The van der Waals surface area contributed by atoms with Crippen molar-refractivity contribution in [2.75, 3.05) is 0 Å². The number of hydrogen-bond donors (Lipinski definition) is 2. The molecule has 2 atom stereocenters. The van der Waals surface area contributed by atoms with E-state index in [9.17, 15) is 22.4 Å². The first-order valence-electron chi connectivity index (χ1n) is 10.3. The van der Waals surface area contributed by atoms with E-state index < -0.39 is 29.9 Å². The van der Waals surface area contributed by atoms with Gasteiger partial charge < -0.3 is 10.3 Å². The van der Waals surface area contributed by atoms with Crippen LogP contribution < -0.4 is 5.32 Å². The highest BCUT2D eigenvalue weighted by atomic mass is 19.4. The number of carbonyl (C=O) groups is 1. The fraction of sp³-hybridized carbons (Fsp3) is 0.619. The Bertz CT molecular complexity index is 933. The van der Waals surface area contributed by atoms with E-state index in [-0.39, 0.29) is 18.4 Å². The van der Waals surface area contributed by atoms with Crippen molar-refractivity contribution in [1.82, 2.24) is 15.3 Å². The molecule has 2 N–H and O–H groups in total. The number of amides is 1. The van der Waals surface area contributed by atoms with Crippen LogP contribution in [-0.2, 0) is 17.6 Å². The van der Waals surface area contributed by atoms with Crippen LogP contribution in [0.1, 0.15) is 43.5 Å². The van der Waals surface area contributed by atoms with Crippen LogP contribution in [0.3, 0.4) is 0 Å². The van der Waals surface area contributed by atoms with E-state index in [4.69, 9.17) is 0 Å². The third kappa shape index (κ3) is 3.85. The largest absolute Gasteiger partial charge is 0.408 e. The van der Waals surface area contributed by atoms with Crippen molar-refractivity contribution in [3.63, 3.8) is 0 Å². The first-order valence-corrected chi connectivity index (χ1v) is 10.3. The molecule has 0 radical (unpaired) electrons. The van der Waals surface area contributed by atoms with Crippen molar-refractivity contribution in [3.8, 4) is 0 Å². The maximum absolute atomic E-state index is 14.6. The molecule has 1 amide bonds. The van der Waals surface area contributed by atoms with Gasteiger partial charge in [-0.2, -0.15) is 13.2 Å². The van der Waals surface area contributed by atoms with Crippen LogP contribution in [0.5, 0.6) is 0 Å². The standard InChI is InChI=1S/C21H23F4N3O/c22-15-6-10(5-13-8-17(21(23,24)25)27-20(13)29)7-16-19(15)28-18(26-16)9-14(11-1-2-11)12-3-4-12/h6-7,11-14,17H,1-5,8-9H2,(H,26,28)(H,27,29). The van der Waals surface area contributed by atoms with Crippen molar-refractivity contribution >= 4 is 16.9 Å². The minimum Gasteiger partial charge on any atom is -0.344 e. The molecule has 1 aromatic heterocycles.